The first-order valence-corrected chi connectivity index (χ1v) is 7.28. The molecule has 0 radical (unpaired) electrons. The highest BCUT2D eigenvalue weighted by Gasteiger charge is 2.09. The van der Waals surface area contributed by atoms with E-state index < -0.39 is 0 Å². The van der Waals surface area contributed by atoms with Crippen molar-refractivity contribution >= 4 is 0 Å². The first-order valence-electron chi connectivity index (χ1n) is 7.28. The first-order chi connectivity index (χ1) is 9.58. The fraction of sp³-hybridized carbons (Fsp3) is 0.389. The largest absolute Gasteiger partial charge is 0.310 e. The zero-order valence-electron chi connectivity index (χ0n) is 12.9. The molecule has 20 heavy (non-hydrogen) atoms. The molecule has 2 rings (SSSR count). The van der Waals surface area contributed by atoms with E-state index in [2.05, 4.69) is 56.2 Å². The van der Waals surface area contributed by atoms with Gasteiger partial charge in [-0.3, -0.25) is 4.98 Å². The van der Waals surface area contributed by atoms with Crippen molar-refractivity contribution in [2.45, 2.75) is 40.2 Å². The van der Waals surface area contributed by atoms with Gasteiger partial charge in [0.15, 0.2) is 0 Å². The van der Waals surface area contributed by atoms with Crippen molar-refractivity contribution in [2.24, 2.45) is 0 Å². The molecule has 0 aliphatic carbocycles. The molecule has 1 heterocycles. The topological polar surface area (TPSA) is 24.9 Å². The lowest BCUT2D eigenvalue weighted by atomic mass is 9.96. The van der Waals surface area contributed by atoms with E-state index in [1.54, 1.807) is 0 Å². The highest BCUT2D eigenvalue weighted by molar-refractivity contribution is 5.38. The van der Waals surface area contributed by atoms with Crippen LogP contribution < -0.4 is 5.32 Å². The van der Waals surface area contributed by atoms with E-state index in [9.17, 15) is 0 Å². The minimum absolute atomic E-state index is 0.381. The molecule has 1 aromatic heterocycles. The van der Waals surface area contributed by atoms with Gasteiger partial charge in [0, 0.05) is 18.4 Å². The maximum Gasteiger partial charge on any atom is 0.0300 e. The van der Waals surface area contributed by atoms with Crippen LogP contribution in [0.1, 0.15) is 40.8 Å². The Morgan fingerprint density at radius 2 is 1.85 bits per heavy atom. The minimum atomic E-state index is 0.381. The lowest BCUT2D eigenvalue weighted by Crippen LogP contribution is -2.22. The van der Waals surface area contributed by atoms with Gasteiger partial charge in [0.05, 0.1) is 0 Å². The second-order valence-corrected chi connectivity index (χ2v) is 5.58. The van der Waals surface area contributed by atoms with Gasteiger partial charge in [0.25, 0.3) is 0 Å². The summed E-state index contributed by atoms with van der Waals surface area (Å²) in [7, 11) is 0. The van der Waals surface area contributed by atoms with E-state index in [1.807, 2.05) is 18.5 Å². The van der Waals surface area contributed by atoms with E-state index in [0.29, 0.717) is 6.04 Å². The van der Waals surface area contributed by atoms with Gasteiger partial charge in [0.1, 0.15) is 0 Å². The smallest absolute Gasteiger partial charge is 0.0300 e. The Balaban J connectivity index is 1.95. The predicted molar refractivity (Wildman–Crippen MR) is 85.0 cm³/mol. The highest BCUT2D eigenvalue weighted by Crippen LogP contribution is 2.21. The van der Waals surface area contributed by atoms with Crippen molar-refractivity contribution in [3.05, 3.63) is 64.5 Å². The van der Waals surface area contributed by atoms with Crippen LogP contribution in [0.5, 0.6) is 0 Å². The zero-order valence-corrected chi connectivity index (χ0v) is 12.9. The van der Waals surface area contributed by atoms with Crippen LogP contribution in [0, 0.1) is 20.8 Å². The van der Waals surface area contributed by atoms with Crippen LogP contribution in [0.3, 0.4) is 0 Å². The fourth-order valence-electron chi connectivity index (χ4n) is 2.54. The molecule has 2 aromatic rings. The van der Waals surface area contributed by atoms with Crippen molar-refractivity contribution in [3.8, 4) is 0 Å². The summed E-state index contributed by atoms with van der Waals surface area (Å²) in [5, 5.41) is 3.61. The third-order valence-corrected chi connectivity index (χ3v) is 3.94. The Hall–Kier alpha value is -1.67. The molecular formula is C18H24N2. The summed E-state index contributed by atoms with van der Waals surface area (Å²) in [4.78, 5) is 4.15. The molecule has 0 aliphatic heterocycles. The van der Waals surface area contributed by atoms with Crippen LogP contribution in [0.15, 0.2) is 36.7 Å². The van der Waals surface area contributed by atoms with E-state index in [1.165, 1.54) is 27.8 Å². The van der Waals surface area contributed by atoms with E-state index in [4.69, 9.17) is 0 Å². The number of hydrogen-bond acceptors (Lipinski definition) is 2. The van der Waals surface area contributed by atoms with Crippen LogP contribution in [-0.2, 0) is 6.42 Å². The average Bonchev–Trinajstić information content (AvgIpc) is 2.44. The van der Waals surface area contributed by atoms with Crippen molar-refractivity contribution in [2.75, 3.05) is 6.54 Å². The SMILES string of the molecule is Cc1cc(C)c(C(C)NCCc2cccnc2)cc1C. The zero-order chi connectivity index (χ0) is 14.5. The van der Waals surface area contributed by atoms with Crippen LogP contribution in [0.2, 0.25) is 0 Å². The third-order valence-electron chi connectivity index (χ3n) is 3.94. The fourth-order valence-corrected chi connectivity index (χ4v) is 2.54. The summed E-state index contributed by atoms with van der Waals surface area (Å²) in [6, 6.07) is 9.09. The molecule has 0 saturated carbocycles. The maximum atomic E-state index is 4.15. The van der Waals surface area contributed by atoms with Crippen molar-refractivity contribution in [1.82, 2.24) is 10.3 Å². The van der Waals surface area contributed by atoms with Gasteiger partial charge in [-0.1, -0.05) is 18.2 Å². The molecule has 0 amide bonds. The summed E-state index contributed by atoms with van der Waals surface area (Å²) in [6.45, 7) is 9.76. The predicted octanol–water partition coefficient (Wildman–Crippen LogP) is 3.90. The van der Waals surface area contributed by atoms with Gasteiger partial charge in [-0.15, -0.1) is 0 Å². The van der Waals surface area contributed by atoms with E-state index in [0.717, 1.165) is 13.0 Å². The minimum Gasteiger partial charge on any atom is -0.310 e. The van der Waals surface area contributed by atoms with Crippen molar-refractivity contribution in [1.29, 1.82) is 0 Å². The van der Waals surface area contributed by atoms with Crippen LogP contribution in [0.4, 0.5) is 0 Å². The molecule has 0 aliphatic rings. The highest BCUT2D eigenvalue weighted by atomic mass is 14.9. The molecule has 106 valence electrons. The van der Waals surface area contributed by atoms with Crippen molar-refractivity contribution < 1.29 is 0 Å². The number of aryl methyl sites for hydroxylation is 3. The van der Waals surface area contributed by atoms with Gasteiger partial charge in [-0.05, 0) is 74.5 Å². The number of hydrogen-bond donors (Lipinski definition) is 1. The summed E-state index contributed by atoms with van der Waals surface area (Å²) in [6.07, 6.45) is 4.77. The average molecular weight is 268 g/mol. The monoisotopic (exact) mass is 268 g/mol. The summed E-state index contributed by atoms with van der Waals surface area (Å²) < 4.78 is 0. The van der Waals surface area contributed by atoms with Crippen LogP contribution in [-0.4, -0.2) is 11.5 Å². The third kappa shape index (κ3) is 3.67. The van der Waals surface area contributed by atoms with Gasteiger partial charge >= 0.3 is 0 Å². The Morgan fingerprint density at radius 1 is 1.10 bits per heavy atom. The number of benzene rings is 1. The lowest BCUT2D eigenvalue weighted by Gasteiger charge is -2.18. The molecule has 2 heteroatoms. The second-order valence-electron chi connectivity index (χ2n) is 5.58. The van der Waals surface area contributed by atoms with Gasteiger partial charge < -0.3 is 5.32 Å². The summed E-state index contributed by atoms with van der Waals surface area (Å²) in [5.74, 6) is 0. The van der Waals surface area contributed by atoms with Crippen molar-refractivity contribution in [3.63, 3.8) is 0 Å². The quantitative estimate of drug-likeness (QED) is 0.889. The molecule has 1 unspecified atom stereocenters. The number of nitrogens with zero attached hydrogens (tertiary/aromatic N) is 1. The van der Waals surface area contributed by atoms with E-state index >= 15 is 0 Å². The molecule has 0 bridgehead atoms. The number of pyridine rings is 1. The standard InChI is InChI=1S/C18H24N2/c1-13-10-15(3)18(11-14(13)2)16(4)20-9-7-17-6-5-8-19-12-17/h5-6,8,10-12,16,20H,7,9H2,1-4H3. The van der Waals surface area contributed by atoms with E-state index in [-0.39, 0.29) is 0 Å². The Morgan fingerprint density at radius 3 is 2.55 bits per heavy atom. The Bertz CT molecular complexity index is 561. The van der Waals surface area contributed by atoms with Gasteiger partial charge in [-0.2, -0.15) is 0 Å². The Labute approximate surface area is 122 Å². The molecule has 0 saturated heterocycles. The Kier molecular flexibility index (Phi) is 4.91. The molecule has 0 spiro atoms. The second kappa shape index (κ2) is 6.67. The molecule has 1 N–H and O–H groups in total. The molecular weight excluding hydrogens is 244 g/mol. The summed E-state index contributed by atoms with van der Waals surface area (Å²) >= 11 is 0. The lowest BCUT2D eigenvalue weighted by molar-refractivity contribution is 0.573. The van der Waals surface area contributed by atoms with Gasteiger partial charge in [0.2, 0.25) is 0 Å². The normalized spacial score (nSPS) is 12.4. The molecule has 1 aromatic carbocycles. The van der Waals surface area contributed by atoms with Crippen LogP contribution in [0.25, 0.3) is 0 Å². The summed E-state index contributed by atoms with van der Waals surface area (Å²) in [5.41, 5.74) is 6.79. The number of aromatic nitrogens is 1. The molecule has 0 fully saturated rings. The molecule has 1 atom stereocenters. The molecule has 2 nitrogen and oxygen atoms in total. The first kappa shape index (κ1) is 14.7. The maximum absolute atomic E-state index is 4.15. The van der Waals surface area contributed by atoms with Gasteiger partial charge in [-0.25, -0.2) is 0 Å². The number of rotatable bonds is 5. The number of nitrogens with one attached hydrogen (secondary N) is 1. The van der Waals surface area contributed by atoms with Crippen LogP contribution >= 0.6 is 0 Å².